The van der Waals surface area contributed by atoms with Crippen LogP contribution in [-0.2, 0) is 9.47 Å². The number of carbonyl (C=O) groups excluding carboxylic acids is 1. The molecule has 1 saturated carbocycles. The molecule has 6 heterocycles. The lowest BCUT2D eigenvalue weighted by molar-refractivity contribution is 0.0564. The van der Waals surface area contributed by atoms with Gasteiger partial charge in [-0.2, -0.15) is 0 Å². The average molecular weight is 569 g/mol. The highest BCUT2D eigenvalue weighted by Gasteiger charge is 2.51. The van der Waals surface area contributed by atoms with E-state index in [-0.39, 0.29) is 35.2 Å². The first-order chi connectivity index (χ1) is 19.3. The molecule has 12 nitrogen and oxygen atoms in total. The van der Waals surface area contributed by atoms with Gasteiger partial charge in [-0.1, -0.05) is 11.8 Å². The molecule has 1 spiro atoms. The van der Waals surface area contributed by atoms with E-state index in [1.807, 2.05) is 11.0 Å². The van der Waals surface area contributed by atoms with Crippen LogP contribution in [0.15, 0.2) is 28.4 Å². The Balaban J connectivity index is 1.06. The monoisotopic (exact) mass is 568 g/mol. The highest BCUT2D eigenvalue weighted by Crippen LogP contribution is 2.47. The predicted molar refractivity (Wildman–Crippen MR) is 150 cm³/mol. The zero-order valence-corrected chi connectivity index (χ0v) is 23.7. The molecule has 1 unspecified atom stereocenters. The van der Waals surface area contributed by atoms with Gasteiger partial charge in [-0.05, 0) is 38.7 Å². The molecule has 0 radical (unpaired) electrons. The van der Waals surface area contributed by atoms with Gasteiger partial charge in [-0.15, -0.1) is 0 Å². The van der Waals surface area contributed by atoms with Gasteiger partial charge >= 0.3 is 6.03 Å². The van der Waals surface area contributed by atoms with Gasteiger partial charge < -0.3 is 35.5 Å². The minimum Gasteiger partial charge on any atom is -0.486 e. The third-order valence-electron chi connectivity index (χ3n) is 9.38. The van der Waals surface area contributed by atoms with E-state index in [0.29, 0.717) is 42.1 Å². The molecule has 5 aliphatic rings. The normalized spacial score (nSPS) is 28.0. The minimum absolute atomic E-state index is 0.0426. The molecule has 13 heteroatoms. The number of nitrogens with zero attached hydrogens (tertiary/aromatic N) is 6. The number of ether oxygens (including phenoxy) is 3. The van der Waals surface area contributed by atoms with Crippen LogP contribution in [0.3, 0.4) is 0 Å². The quantitative estimate of drug-likeness (QED) is 0.528. The fourth-order valence-corrected chi connectivity index (χ4v) is 7.35. The topological polar surface area (TPSA) is 145 Å². The van der Waals surface area contributed by atoms with Gasteiger partial charge in [0, 0.05) is 44.4 Å². The fourth-order valence-electron chi connectivity index (χ4n) is 6.52. The number of methoxy groups -OCH3 is 1. The molecule has 1 aliphatic carbocycles. The number of hydrogen-bond acceptors (Lipinski definition) is 11. The van der Waals surface area contributed by atoms with Crippen LogP contribution in [0.4, 0.5) is 22.2 Å². The van der Waals surface area contributed by atoms with Crippen LogP contribution < -0.4 is 26.0 Å². The minimum atomic E-state index is -0.201. The zero-order chi connectivity index (χ0) is 27.6. The van der Waals surface area contributed by atoms with Gasteiger partial charge in [-0.3, -0.25) is 4.90 Å². The SMILES string of the molecule is COC1(CN2CC3COc4c(Sc5ncc(N6CCC7(CC6)CO[C@@H](C)[C@H]7N)nc5N)ccnc4N3C2=O)CC1. The van der Waals surface area contributed by atoms with Crippen LogP contribution >= 0.6 is 11.8 Å². The molecule has 2 aromatic heterocycles. The number of rotatable bonds is 6. The highest BCUT2D eigenvalue weighted by atomic mass is 32.2. The lowest BCUT2D eigenvalue weighted by atomic mass is 9.73. The van der Waals surface area contributed by atoms with Crippen LogP contribution in [-0.4, -0.2) is 96.2 Å². The number of aromatic nitrogens is 3. The number of piperidine rings is 1. The Kier molecular flexibility index (Phi) is 6.26. The van der Waals surface area contributed by atoms with E-state index in [1.54, 1.807) is 24.4 Å². The Hall–Kier alpha value is -2.87. The van der Waals surface area contributed by atoms with E-state index < -0.39 is 0 Å². The van der Waals surface area contributed by atoms with E-state index in [2.05, 4.69) is 21.8 Å². The molecule has 40 heavy (non-hydrogen) atoms. The van der Waals surface area contributed by atoms with Crippen molar-refractivity contribution in [3.63, 3.8) is 0 Å². The Bertz CT molecular complexity index is 1320. The Labute approximate surface area is 237 Å². The van der Waals surface area contributed by atoms with Crippen LogP contribution in [0.2, 0.25) is 0 Å². The molecular formula is C27H36N8O4S. The molecule has 2 aromatic rings. The van der Waals surface area contributed by atoms with Gasteiger partial charge in [0.25, 0.3) is 0 Å². The second-order valence-corrected chi connectivity index (χ2v) is 12.8. The maximum absolute atomic E-state index is 13.4. The number of pyridine rings is 1. The molecule has 0 bridgehead atoms. The first kappa shape index (κ1) is 26.1. The molecule has 4 fully saturated rings. The summed E-state index contributed by atoms with van der Waals surface area (Å²) < 4.78 is 17.7. The maximum atomic E-state index is 13.4. The number of hydrogen-bond donors (Lipinski definition) is 2. The maximum Gasteiger partial charge on any atom is 0.326 e. The number of anilines is 3. The molecule has 4 N–H and O–H groups in total. The van der Waals surface area contributed by atoms with E-state index in [9.17, 15) is 4.79 Å². The third-order valence-corrected chi connectivity index (χ3v) is 10.4. The average Bonchev–Trinajstić information content (AvgIpc) is 3.61. The molecule has 3 saturated heterocycles. The van der Waals surface area contributed by atoms with Crippen molar-refractivity contribution >= 4 is 35.2 Å². The van der Waals surface area contributed by atoms with Gasteiger partial charge in [-0.25, -0.2) is 19.7 Å². The number of nitrogens with two attached hydrogens (primary N) is 2. The molecule has 7 rings (SSSR count). The first-order valence-electron chi connectivity index (χ1n) is 14.0. The van der Waals surface area contributed by atoms with Crippen molar-refractivity contribution in [3.8, 4) is 5.75 Å². The zero-order valence-electron chi connectivity index (χ0n) is 22.9. The van der Waals surface area contributed by atoms with E-state index >= 15 is 0 Å². The summed E-state index contributed by atoms with van der Waals surface area (Å²) in [5, 5.41) is 0.585. The fraction of sp³-hybridized carbons (Fsp3) is 0.630. The number of urea groups is 1. The summed E-state index contributed by atoms with van der Waals surface area (Å²) in [5.74, 6) is 2.22. The van der Waals surface area contributed by atoms with Crippen molar-refractivity contribution in [2.75, 3.05) is 62.0 Å². The molecule has 2 amide bonds. The molecule has 214 valence electrons. The van der Waals surface area contributed by atoms with E-state index in [4.69, 9.17) is 30.7 Å². The van der Waals surface area contributed by atoms with E-state index in [1.165, 1.54) is 11.8 Å². The number of carbonyl (C=O) groups is 1. The number of fused-ring (bicyclic) bond motifs is 3. The van der Waals surface area contributed by atoms with Crippen LogP contribution in [0.1, 0.15) is 32.6 Å². The van der Waals surface area contributed by atoms with Gasteiger partial charge in [0.1, 0.15) is 17.5 Å². The van der Waals surface area contributed by atoms with Gasteiger partial charge in [0.05, 0.1) is 42.0 Å². The van der Waals surface area contributed by atoms with Crippen LogP contribution in [0.5, 0.6) is 5.75 Å². The van der Waals surface area contributed by atoms with Crippen molar-refractivity contribution in [2.24, 2.45) is 11.1 Å². The first-order valence-corrected chi connectivity index (χ1v) is 14.8. The smallest absolute Gasteiger partial charge is 0.326 e. The predicted octanol–water partition coefficient (Wildman–Crippen LogP) is 2.12. The van der Waals surface area contributed by atoms with Crippen molar-refractivity contribution in [3.05, 3.63) is 18.5 Å². The summed E-state index contributed by atoms with van der Waals surface area (Å²) in [6.45, 7) is 6.04. The highest BCUT2D eigenvalue weighted by molar-refractivity contribution is 7.99. The molecule has 0 aromatic carbocycles. The lowest BCUT2D eigenvalue weighted by Crippen LogP contribution is -2.50. The molecule has 4 aliphatic heterocycles. The molecule has 3 atom stereocenters. The Morgan fingerprint density at radius 2 is 2.02 bits per heavy atom. The summed E-state index contributed by atoms with van der Waals surface area (Å²) in [7, 11) is 1.72. The number of nitrogen functional groups attached to an aromatic ring is 1. The van der Waals surface area contributed by atoms with Crippen LogP contribution in [0.25, 0.3) is 0 Å². The Morgan fingerprint density at radius 3 is 2.70 bits per heavy atom. The van der Waals surface area contributed by atoms with Gasteiger partial charge in [0.15, 0.2) is 17.4 Å². The van der Waals surface area contributed by atoms with Crippen molar-refractivity contribution in [1.29, 1.82) is 0 Å². The Morgan fingerprint density at radius 1 is 1.23 bits per heavy atom. The van der Waals surface area contributed by atoms with Crippen LogP contribution in [0, 0.1) is 5.41 Å². The second-order valence-electron chi connectivity index (χ2n) is 11.8. The summed E-state index contributed by atoms with van der Waals surface area (Å²) in [5.41, 5.74) is 12.7. The summed E-state index contributed by atoms with van der Waals surface area (Å²) in [4.78, 5) is 33.9. The molecular weight excluding hydrogens is 532 g/mol. The third kappa shape index (κ3) is 4.25. The number of amides is 2. The van der Waals surface area contributed by atoms with Crippen molar-refractivity contribution in [2.45, 2.75) is 66.3 Å². The van der Waals surface area contributed by atoms with E-state index in [0.717, 1.165) is 56.1 Å². The lowest BCUT2D eigenvalue weighted by Gasteiger charge is -2.41. The van der Waals surface area contributed by atoms with Crippen molar-refractivity contribution < 1.29 is 19.0 Å². The standard InChI is InChI=1S/C27H36N8O4S/c1-16-21(28)26(15-39-16)6-9-33(10-7-26)19-11-31-24(22(29)32-19)40-18-3-8-30-23-20(18)38-13-17-12-34(25(36)35(17)23)14-27(37-2)4-5-27/h3,8,11,16-17,21H,4-7,9-10,12-15,28H2,1-2H3,(H2,29,32)/t16-,17?,21+/m0/s1. The van der Waals surface area contributed by atoms with Gasteiger partial charge in [0.2, 0.25) is 0 Å². The summed E-state index contributed by atoms with van der Waals surface area (Å²) in [6, 6.07) is 1.78. The summed E-state index contributed by atoms with van der Waals surface area (Å²) >= 11 is 1.37. The second kappa shape index (κ2) is 9.61. The summed E-state index contributed by atoms with van der Waals surface area (Å²) in [6.07, 6.45) is 7.44. The largest absolute Gasteiger partial charge is 0.486 e. The van der Waals surface area contributed by atoms with Crippen molar-refractivity contribution in [1.82, 2.24) is 19.9 Å².